The predicted molar refractivity (Wildman–Crippen MR) is 102 cm³/mol. The van der Waals surface area contributed by atoms with E-state index >= 15 is 0 Å². The van der Waals surface area contributed by atoms with Crippen molar-refractivity contribution in [1.82, 2.24) is 5.06 Å². The number of hydrogen-bond donors (Lipinski definition) is 0. The monoisotopic (exact) mass is 415 g/mol. The first-order chi connectivity index (χ1) is 13.0. The number of imide groups is 1. The molecule has 2 unspecified atom stereocenters. The third-order valence-electron chi connectivity index (χ3n) is 4.98. The van der Waals surface area contributed by atoms with Crippen LogP contribution in [0.25, 0.3) is 0 Å². The van der Waals surface area contributed by atoms with Gasteiger partial charge in [0.2, 0.25) is 0 Å². The summed E-state index contributed by atoms with van der Waals surface area (Å²) in [6.45, 7) is 8.14. The Kier molecular flexibility index (Phi) is 7.64. The number of thioether (sulfide) groups is 1. The van der Waals surface area contributed by atoms with Gasteiger partial charge < -0.3 is 14.3 Å². The second kappa shape index (κ2) is 9.37. The molecule has 0 aromatic heterocycles. The normalized spacial score (nSPS) is 24.6. The van der Waals surface area contributed by atoms with E-state index in [1.807, 2.05) is 20.8 Å². The average Bonchev–Trinajstić information content (AvgIpc) is 3.17. The first-order valence-corrected chi connectivity index (χ1v) is 10.5. The summed E-state index contributed by atoms with van der Waals surface area (Å²) in [6, 6.07) is 0. The lowest BCUT2D eigenvalue weighted by Crippen LogP contribution is -2.33. The molecular formula is C19H29NO7S. The maximum atomic E-state index is 11.9. The molecule has 28 heavy (non-hydrogen) atoms. The fourth-order valence-corrected chi connectivity index (χ4v) is 3.84. The van der Waals surface area contributed by atoms with E-state index in [-0.39, 0.29) is 30.0 Å². The van der Waals surface area contributed by atoms with Crippen LogP contribution in [0.4, 0.5) is 0 Å². The Morgan fingerprint density at radius 3 is 2.46 bits per heavy atom. The molecule has 0 radical (unpaired) electrons. The maximum absolute atomic E-state index is 11.9. The van der Waals surface area contributed by atoms with E-state index in [4.69, 9.17) is 14.3 Å². The molecule has 9 heteroatoms. The Hall–Kier alpha value is -1.45. The molecule has 0 aromatic carbocycles. The Morgan fingerprint density at radius 1 is 1.21 bits per heavy atom. The largest absolute Gasteiger partial charge is 0.373 e. The smallest absolute Gasteiger partial charge is 0.333 e. The van der Waals surface area contributed by atoms with Gasteiger partial charge in [-0.05, 0) is 39.5 Å². The van der Waals surface area contributed by atoms with Gasteiger partial charge in [0, 0.05) is 25.5 Å². The van der Waals surface area contributed by atoms with Crippen LogP contribution in [0.3, 0.4) is 0 Å². The molecule has 1 saturated heterocycles. The molecule has 0 bridgehead atoms. The number of hydroxylamine groups is 2. The molecule has 1 saturated carbocycles. The first-order valence-electron chi connectivity index (χ1n) is 9.50. The van der Waals surface area contributed by atoms with Crippen molar-refractivity contribution in [2.24, 2.45) is 5.92 Å². The summed E-state index contributed by atoms with van der Waals surface area (Å²) in [4.78, 5) is 50.7. The summed E-state index contributed by atoms with van der Waals surface area (Å²) < 4.78 is 11.7. The van der Waals surface area contributed by atoms with Crippen LogP contribution in [0, 0.1) is 5.92 Å². The van der Waals surface area contributed by atoms with Crippen LogP contribution in [-0.4, -0.2) is 58.1 Å². The number of hydrogen-bond acceptors (Lipinski definition) is 8. The first kappa shape index (κ1) is 22.8. The molecule has 2 fully saturated rings. The summed E-state index contributed by atoms with van der Waals surface area (Å²) in [7, 11) is 0. The summed E-state index contributed by atoms with van der Waals surface area (Å²) in [5, 5.41) is 0.678. The van der Waals surface area contributed by atoms with Crippen LogP contribution in [0.1, 0.15) is 59.8 Å². The molecule has 2 amide bonds. The van der Waals surface area contributed by atoms with Gasteiger partial charge >= 0.3 is 5.97 Å². The maximum Gasteiger partial charge on any atom is 0.333 e. The number of rotatable bonds is 11. The lowest BCUT2D eigenvalue weighted by atomic mass is 10.0. The minimum Gasteiger partial charge on any atom is -0.373 e. The van der Waals surface area contributed by atoms with E-state index in [2.05, 4.69) is 0 Å². The minimum atomic E-state index is -0.632. The quantitative estimate of drug-likeness (QED) is 0.374. The highest BCUT2D eigenvalue weighted by Gasteiger charge is 2.51. The van der Waals surface area contributed by atoms with Crippen molar-refractivity contribution >= 4 is 34.7 Å². The van der Waals surface area contributed by atoms with E-state index in [0.29, 0.717) is 30.6 Å². The van der Waals surface area contributed by atoms with Crippen molar-refractivity contribution in [3.05, 3.63) is 0 Å². The van der Waals surface area contributed by atoms with E-state index in [1.165, 1.54) is 11.8 Å². The third kappa shape index (κ3) is 6.86. The third-order valence-corrected chi connectivity index (χ3v) is 5.96. The van der Waals surface area contributed by atoms with Crippen molar-refractivity contribution in [2.75, 3.05) is 19.0 Å². The molecule has 0 spiro atoms. The van der Waals surface area contributed by atoms with E-state index in [0.717, 1.165) is 12.2 Å². The van der Waals surface area contributed by atoms with Gasteiger partial charge in [-0.3, -0.25) is 14.4 Å². The number of nitrogens with zero attached hydrogens (tertiary/aromatic N) is 1. The second-order valence-electron chi connectivity index (χ2n) is 8.02. The Balaban J connectivity index is 1.60. The summed E-state index contributed by atoms with van der Waals surface area (Å²) in [6.07, 6.45) is 1.52. The zero-order valence-corrected chi connectivity index (χ0v) is 17.8. The topological polar surface area (TPSA) is 99.2 Å². The minimum absolute atomic E-state index is 0.0347. The van der Waals surface area contributed by atoms with Gasteiger partial charge in [-0.2, -0.15) is 0 Å². The fraction of sp³-hybridized carbons (Fsp3) is 0.789. The number of amides is 2. The molecule has 1 aliphatic carbocycles. The Morgan fingerprint density at radius 2 is 1.86 bits per heavy atom. The lowest BCUT2D eigenvalue weighted by Gasteiger charge is -2.25. The molecule has 2 aliphatic rings. The van der Waals surface area contributed by atoms with Crippen LogP contribution in [0.2, 0.25) is 0 Å². The van der Waals surface area contributed by atoms with Crippen molar-refractivity contribution in [2.45, 2.75) is 71.0 Å². The van der Waals surface area contributed by atoms with Crippen molar-refractivity contribution in [1.29, 1.82) is 0 Å². The van der Waals surface area contributed by atoms with Crippen LogP contribution in [-0.2, 0) is 33.5 Å². The van der Waals surface area contributed by atoms with Gasteiger partial charge in [0.15, 0.2) is 5.12 Å². The van der Waals surface area contributed by atoms with Gasteiger partial charge in [0.25, 0.3) is 11.8 Å². The van der Waals surface area contributed by atoms with Gasteiger partial charge in [0.1, 0.15) is 0 Å². The van der Waals surface area contributed by atoms with Crippen LogP contribution < -0.4 is 0 Å². The molecule has 8 nitrogen and oxygen atoms in total. The number of ether oxygens (including phenoxy) is 2. The summed E-state index contributed by atoms with van der Waals surface area (Å²) in [5.74, 6) is -0.435. The Labute approximate surface area is 169 Å². The highest BCUT2D eigenvalue weighted by atomic mass is 32.2. The predicted octanol–water partition coefficient (Wildman–Crippen LogP) is 2.24. The standard InChI is InChI=1S/C19H29NO7S/c1-13(21)28-12-14-11-19(14,4)26-10-9-25-18(2,3)8-7-17(24)27-20-15(22)5-6-16(20)23/h14H,5-12H2,1-4H3. The van der Waals surface area contributed by atoms with Gasteiger partial charge in [-0.1, -0.05) is 11.8 Å². The van der Waals surface area contributed by atoms with Gasteiger partial charge in [-0.25, -0.2) is 4.79 Å². The molecule has 2 rings (SSSR count). The van der Waals surface area contributed by atoms with Crippen molar-refractivity contribution in [3.8, 4) is 0 Å². The molecular weight excluding hydrogens is 386 g/mol. The van der Waals surface area contributed by atoms with Crippen molar-refractivity contribution < 1.29 is 33.5 Å². The zero-order chi connectivity index (χ0) is 20.9. The number of carbonyl (C=O) groups is 4. The molecule has 158 valence electrons. The lowest BCUT2D eigenvalue weighted by molar-refractivity contribution is -0.198. The van der Waals surface area contributed by atoms with Crippen LogP contribution in [0.5, 0.6) is 0 Å². The second-order valence-corrected chi connectivity index (χ2v) is 9.21. The molecule has 0 aromatic rings. The van der Waals surface area contributed by atoms with Gasteiger partial charge in [0.05, 0.1) is 30.8 Å². The highest BCUT2D eigenvalue weighted by Crippen LogP contribution is 2.48. The van der Waals surface area contributed by atoms with Gasteiger partial charge in [-0.15, -0.1) is 5.06 Å². The molecule has 0 N–H and O–H groups in total. The van der Waals surface area contributed by atoms with Crippen molar-refractivity contribution in [3.63, 3.8) is 0 Å². The molecule has 1 heterocycles. The van der Waals surface area contributed by atoms with E-state index < -0.39 is 23.4 Å². The SMILES string of the molecule is CC(=O)SCC1CC1(C)OCCOC(C)(C)CCC(=O)ON1C(=O)CCC1=O. The summed E-state index contributed by atoms with van der Waals surface area (Å²) in [5.41, 5.74) is -0.760. The van der Waals surface area contributed by atoms with Crippen LogP contribution in [0.15, 0.2) is 0 Å². The summed E-state index contributed by atoms with van der Waals surface area (Å²) >= 11 is 1.33. The zero-order valence-electron chi connectivity index (χ0n) is 16.9. The molecule has 1 aliphatic heterocycles. The van der Waals surface area contributed by atoms with E-state index in [1.54, 1.807) is 6.92 Å². The van der Waals surface area contributed by atoms with Crippen LogP contribution >= 0.6 is 11.8 Å². The number of carbonyl (C=O) groups excluding carboxylic acids is 4. The molecule has 2 atom stereocenters. The Bertz CT molecular complexity index is 620. The average molecular weight is 416 g/mol. The van der Waals surface area contributed by atoms with E-state index in [9.17, 15) is 19.2 Å². The fourth-order valence-electron chi connectivity index (χ4n) is 2.93. The highest BCUT2D eigenvalue weighted by molar-refractivity contribution is 8.13.